The number of amides is 2. The van der Waals surface area contributed by atoms with Gasteiger partial charge in [-0.05, 0) is 82.0 Å². The molecule has 0 saturated carbocycles. The fraction of sp³-hybridized carbons (Fsp3) is 0.462. The number of carbonyl (C=O) groups excluding carboxylic acids is 2. The Morgan fingerprint density at radius 3 is 2.03 bits per heavy atom. The summed E-state index contributed by atoms with van der Waals surface area (Å²) in [4.78, 5) is 24.9. The van der Waals surface area contributed by atoms with Crippen LogP contribution in [0, 0.1) is 0 Å². The predicted molar refractivity (Wildman–Crippen MR) is 134 cm³/mol. The summed E-state index contributed by atoms with van der Waals surface area (Å²) < 4.78 is 27.4. The summed E-state index contributed by atoms with van der Waals surface area (Å²) in [5, 5.41) is 5.74. The lowest BCUT2D eigenvalue weighted by atomic mass is 10.1. The minimum Gasteiger partial charge on any atom is -0.347 e. The van der Waals surface area contributed by atoms with E-state index in [1.54, 1.807) is 52.8 Å². The van der Waals surface area contributed by atoms with Crippen LogP contribution in [0.1, 0.15) is 68.8 Å². The van der Waals surface area contributed by atoms with E-state index in [0.717, 1.165) is 31.2 Å². The molecule has 184 valence electrons. The molecule has 1 saturated heterocycles. The van der Waals surface area contributed by atoms with Gasteiger partial charge in [0.05, 0.1) is 4.90 Å². The monoisotopic (exact) mass is 485 g/mol. The van der Waals surface area contributed by atoms with Gasteiger partial charge in [-0.3, -0.25) is 9.59 Å². The van der Waals surface area contributed by atoms with E-state index < -0.39 is 10.0 Å². The molecule has 0 atom stereocenters. The molecule has 0 aromatic heterocycles. The number of rotatable bonds is 7. The van der Waals surface area contributed by atoms with E-state index in [9.17, 15) is 18.0 Å². The zero-order valence-corrected chi connectivity index (χ0v) is 21.1. The van der Waals surface area contributed by atoms with Crippen molar-refractivity contribution < 1.29 is 18.0 Å². The molecule has 1 fully saturated rings. The number of benzene rings is 2. The Bertz CT molecular complexity index is 1080. The number of anilines is 1. The van der Waals surface area contributed by atoms with E-state index in [0.29, 0.717) is 35.7 Å². The van der Waals surface area contributed by atoms with Crippen LogP contribution in [-0.2, 0) is 21.2 Å². The van der Waals surface area contributed by atoms with Gasteiger partial charge in [0.25, 0.3) is 5.91 Å². The van der Waals surface area contributed by atoms with Gasteiger partial charge in [0.2, 0.25) is 15.9 Å². The summed E-state index contributed by atoms with van der Waals surface area (Å²) in [5.74, 6) is -0.306. The second-order valence-electron chi connectivity index (χ2n) is 9.79. The van der Waals surface area contributed by atoms with Crippen LogP contribution in [-0.4, -0.2) is 43.2 Å². The predicted octanol–water partition coefficient (Wildman–Crippen LogP) is 4.35. The van der Waals surface area contributed by atoms with Crippen LogP contribution in [0.2, 0.25) is 0 Å². The van der Waals surface area contributed by atoms with Crippen LogP contribution >= 0.6 is 0 Å². The summed E-state index contributed by atoms with van der Waals surface area (Å²) in [6.45, 7) is 6.91. The molecule has 7 nitrogen and oxygen atoms in total. The van der Waals surface area contributed by atoms with Crippen LogP contribution in [0.4, 0.5) is 5.69 Å². The Balaban J connectivity index is 1.51. The van der Waals surface area contributed by atoms with Gasteiger partial charge >= 0.3 is 0 Å². The molecule has 1 heterocycles. The van der Waals surface area contributed by atoms with Gasteiger partial charge in [-0.15, -0.1) is 0 Å². The lowest BCUT2D eigenvalue weighted by Crippen LogP contribution is -2.40. The summed E-state index contributed by atoms with van der Waals surface area (Å²) in [6, 6.07) is 13.6. The fourth-order valence-corrected chi connectivity index (χ4v) is 5.38. The van der Waals surface area contributed by atoms with E-state index in [1.165, 1.54) is 0 Å². The molecule has 2 amide bonds. The highest BCUT2D eigenvalue weighted by Crippen LogP contribution is 2.21. The maximum atomic E-state index is 12.9. The summed E-state index contributed by atoms with van der Waals surface area (Å²) in [7, 11) is -3.47. The van der Waals surface area contributed by atoms with E-state index in [2.05, 4.69) is 10.6 Å². The number of nitrogens with zero attached hydrogens (tertiary/aromatic N) is 1. The fourth-order valence-electron chi connectivity index (χ4n) is 3.86. The molecule has 0 radical (unpaired) electrons. The molecule has 34 heavy (non-hydrogen) atoms. The molecule has 2 N–H and O–H groups in total. The second kappa shape index (κ2) is 11.1. The summed E-state index contributed by atoms with van der Waals surface area (Å²) in [5.41, 5.74) is 1.73. The number of aryl methyl sites for hydroxylation is 1. The molecule has 0 aliphatic carbocycles. The molecule has 0 unspecified atom stereocenters. The Kier molecular flexibility index (Phi) is 8.49. The molecule has 3 rings (SSSR count). The number of sulfonamides is 1. The van der Waals surface area contributed by atoms with E-state index >= 15 is 0 Å². The van der Waals surface area contributed by atoms with Crippen LogP contribution in [0.5, 0.6) is 0 Å². The molecule has 2 aromatic rings. The Hall–Kier alpha value is -2.71. The van der Waals surface area contributed by atoms with Gasteiger partial charge in [-0.25, -0.2) is 8.42 Å². The molecule has 0 bridgehead atoms. The van der Waals surface area contributed by atoms with E-state index in [4.69, 9.17) is 0 Å². The average Bonchev–Trinajstić information content (AvgIpc) is 3.08. The molecule has 8 heteroatoms. The third kappa shape index (κ3) is 7.40. The third-order valence-corrected chi connectivity index (χ3v) is 7.60. The molecule has 0 spiro atoms. The Morgan fingerprint density at radius 1 is 0.882 bits per heavy atom. The van der Waals surface area contributed by atoms with Gasteiger partial charge in [0.15, 0.2) is 0 Å². The van der Waals surface area contributed by atoms with Crippen LogP contribution in [0.25, 0.3) is 0 Å². The number of nitrogens with one attached hydrogen (secondary N) is 2. The minimum absolute atomic E-state index is 0.145. The summed E-state index contributed by atoms with van der Waals surface area (Å²) in [6.07, 6.45) is 4.72. The van der Waals surface area contributed by atoms with Gasteiger partial charge < -0.3 is 10.6 Å². The number of carbonyl (C=O) groups is 2. The Labute approximate surface area is 203 Å². The van der Waals surface area contributed by atoms with Crippen molar-refractivity contribution in [2.75, 3.05) is 18.4 Å². The van der Waals surface area contributed by atoms with Crippen molar-refractivity contribution in [3.05, 3.63) is 59.7 Å². The quantitative estimate of drug-likeness (QED) is 0.609. The van der Waals surface area contributed by atoms with Crippen LogP contribution in [0.3, 0.4) is 0 Å². The van der Waals surface area contributed by atoms with E-state index in [-0.39, 0.29) is 23.8 Å². The molecule has 1 aliphatic heterocycles. The minimum atomic E-state index is -3.47. The van der Waals surface area contributed by atoms with Gasteiger partial charge in [0, 0.05) is 36.3 Å². The molecule has 1 aliphatic rings. The van der Waals surface area contributed by atoms with Gasteiger partial charge in [-0.2, -0.15) is 4.31 Å². The number of hydrogen-bond acceptors (Lipinski definition) is 4. The number of hydrogen-bond donors (Lipinski definition) is 2. The van der Waals surface area contributed by atoms with Crippen molar-refractivity contribution in [1.29, 1.82) is 0 Å². The first kappa shape index (κ1) is 25.9. The van der Waals surface area contributed by atoms with Gasteiger partial charge in [-0.1, -0.05) is 25.0 Å². The SMILES string of the molecule is CC(C)(C)NC(=O)c1ccc(NC(=O)CCc2ccc(S(=O)(=O)N3CCCCCC3)cc2)cc1. The highest BCUT2D eigenvalue weighted by molar-refractivity contribution is 7.89. The lowest BCUT2D eigenvalue weighted by molar-refractivity contribution is -0.116. The maximum absolute atomic E-state index is 12.9. The first-order valence-electron chi connectivity index (χ1n) is 11.9. The zero-order chi connectivity index (χ0) is 24.8. The van der Waals surface area contributed by atoms with Crippen molar-refractivity contribution >= 4 is 27.5 Å². The standard InChI is InChI=1S/C26H35N3O4S/c1-26(2,3)28-25(31)21-11-13-22(14-12-21)27-24(30)17-10-20-8-15-23(16-9-20)34(32,33)29-18-6-4-5-7-19-29/h8-9,11-16H,4-7,10,17-19H2,1-3H3,(H,27,30)(H,28,31). The molecular formula is C26H35N3O4S. The third-order valence-electron chi connectivity index (χ3n) is 5.69. The average molecular weight is 486 g/mol. The lowest BCUT2D eigenvalue weighted by Gasteiger charge is -2.20. The van der Waals surface area contributed by atoms with Crippen molar-refractivity contribution in [3.63, 3.8) is 0 Å². The van der Waals surface area contributed by atoms with Crippen molar-refractivity contribution in [2.45, 2.75) is 69.7 Å². The topological polar surface area (TPSA) is 95.6 Å². The maximum Gasteiger partial charge on any atom is 0.251 e. The largest absolute Gasteiger partial charge is 0.347 e. The summed E-state index contributed by atoms with van der Waals surface area (Å²) >= 11 is 0. The van der Waals surface area contributed by atoms with Crippen LogP contribution in [0.15, 0.2) is 53.4 Å². The second-order valence-corrected chi connectivity index (χ2v) is 11.7. The zero-order valence-electron chi connectivity index (χ0n) is 20.3. The first-order valence-corrected chi connectivity index (χ1v) is 13.3. The first-order chi connectivity index (χ1) is 16.0. The van der Waals surface area contributed by atoms with Crippen molar-refractivity contribution in [2.24, 2.45) is 0 Å². The highest BCUT2D eigenvalue weighted by atomic mass is 32.2. The molecular weight excluding hydrogens is 450 g/mol. The Morgan fingerprint density at radius 2 is 1.47 bits per heavy atom. The normalized spacial score (nSPS) is 15.4. The van der Waals surface area contributed by atoms with Gasteiger partial charge in [0.1, 0.15) is 0 Å². The highest BCUT2D eigenvalue weighted by Gasteiger charge is 2.25. The smallest absolute Gasteiger partial charge is 0.251 e. The van der Waals surface area contributed by atoms with Crippen molar-refractivity contribution in [1.82, 2.24) is 9.62 Å². The van der Waals surface area contributed by atoms with Crippen molar-refractivity contribution in [3.8, 4) is 0 Å². The van der Waals surface area contributed by atoms with Crippen LogP contribution < -0.4 is 10.6 Å². The molecule has 2 aromatic carbocycles. The van der Waals surface area contributed by atoms with E-state index in [1.807, 2.05) is 20.8 Å².